The van der Waals surface area contributed by atoms with Crippen LogP contribution in [0.2, 0.25) is 5.15 Å². The Hall–Kier alpha value is -2.24. The first-order chi connectivity index (χ1) is 13.3. The molecule has 0 atom stereocenters. The topological polar surface area (TPSA) is 205 Å². The van der Waals surface area contributed by atoms with Gasteiger partial charge < -0.3 is 27.8 Å². The summed E-state index contributed by atoms with van der Waals surface area (Å²) in [6, 6.07) is 0. The van der Waals surface area contributed by atoms with Crippen LogP contribution in [0.25, 0.3) is 0 Å². The third kappa shape index (κ3) is 12.3. The van der Waals surface area contributed by atoms with Gasteiger partial charge in [-0.3, -0.25) is 20.9 Å². The standard InChI is InChI=1S/C16H29ClN10O.2ClH/c17-11-13(19)26-12(18)10(25-11)14(28)27-16(22)24-9-7-5-3-1-2-4-6-8-23-15(20)21;;/h1-9H2,(H4,18,19,26)(H4,20,21,23)(H3,22,24,27,28);2*1H. The number of hydrogen-bond acceptors (Lipinski definition) is 7. The van der Waals surface area contributed by atoms with Gasteiger partial charge in [0.15, 0.2) is 34.4 Å². The molecule has 1 amide bonds. The van der Waals surface area contributed by atoms with E-state index in [4.69, 9.17) is 39.6 Å². The first kappa shape index (κ1) is 30.0. The maximum atomic E-state index is 12.1. The molecule has 0 aromatic carbocycles. The van der Waals surface area contributed by atoms with Crippen molar-refractivity contribution in [1.82, 2.24) is 25.9 Å². The first-order valence-electron chi connectivity index (χ1n) is 9.11. The summed E-state index contributed by atoms with van der Waals surface area (Å²) in [5, 5.41) is 22.6. The minimum Gasteiger partial charge on any atom is -0.382 e. The van der Waals surface area contributed by atoms with Crippen LogP contribution in [-0.4, -0.2) is 40.9 Å². The molecule has 14 heteroatoms. The SMILES string of the molecule is Cl.Cl.N=C(N)NCCCCCCCCCNC(=N)NC(=O)c1nc(Cl)c(N)nc1N. The van der Waals surface area contributed by atoms with Gasteiger partial charge >= 0.3 is 0 Å². The summed E-state index contributed by atoms with van der Waals surface area (Å²) in [6.07, 6.45) is 7.43. The molecule has 1 aromatic rings. The van der Waals surface area contributed by atoms with Crippen molar-refractivity contribution < 1.29 is 4.79 Å². The third-order valence-corrected chi connectivity index (χ3v) is 4.11. The van der Waals surface area contributed by atoms with Crippen LogP contribution < -0.4 is 33.2 Å². The number of aromatic nitrogens is 2. The van der Waals surface area contributed by atoms with E-state index < -0.39 is 5.91 Å². The van der Waals surface area contributed by atoms with Gasteiger partial charge in [-0.2, -0.15) is 0 Å². The van der Waals surface area contributed by atoms with Gasteiger partial charge in [0.1, 0.15) is 0 Å². The predicted octanol–water partition coefficient (Wildman–Crippen LogP) is 1.61. The normalized spacial score (nSPS) is 9.63. The van der Waals surface area contributed by atoms with Crippen molar-refractivity contribution in [3.05, 3.63) is 10.8 Å². The van der Waals surface area contributed by atoms with Crippen LogP contribution in [0.1, 0.15) is 55.4 Å². The number of nitrogens with one attached hydrogen (secondary N) is 5. The summed E-state index contributed by atoms with van der Waals surface area (Å²) in [4.78, 5) is 19.6. The lowest BCUT2D eigenvalue weighted by molar-refractivity contribution is 0.0971. The number of anilines is 2. The average Bonchev–Trinajstić information content (AvgIpc) is 2.62. The maximum absolute atomic E-state index is 12.1. The molecule has 0 saturated heterocycles. The molecule has 0 fully saturated rings. The van der Waals surface area contributed by atoms with E-state index >= 15 is 0 Å². The number of carbonyl (C=O) groups excluding carboxylic acids is 1. The number of halogens is 3. The molecule has 0 unspecified atom stereocenters. The Bertz CT molecular complexity index is 689. The van der Waals surface area contributed by atoms with Crippen LogP contribution in [0.5, 0.6) is 0 Å². The summed E-state index contributed by atoms with van der Waals surface area (Å²) in [5.74, 6) is -1.01. The second-order valence-electron chi connectivity index (χ2n) is 6.20. The molecule has 0 aliphatic heterocycles. The highest BCUT2D eigenvalue weighted by Gasteiger charge is 2.16. The van der Waals surface area contributed by atoms with Crippen LogP contribution in [0, 0.1) is 10.8 Å². The number of hydrogen-bond donors (Lipinski definition) is 8. The molecule has 0 radical (unpaired) electrons. The van der Waals surface area contributed by atoms with Crippen LogP contribution in [0.3, 0.4) is 0 Å². The van der Waals surface area contributed by atoms with Gasteiger partial charge in [-0.25, -0.2) is 9.97 Å². The number of guanidine groups is 2. The van der Waals surface area contributed by atoms with Crippen molar-refractivity contribution in [3.63, 3.8) is 0 Å². The number of amides is 1. The quantitative estimate of drug-likeness (QED) is 0.131. The molecule has 1 rings (SSSR count). The Kier molecular flexibility index (Phi) is 16.5. The highest BCUT2D eigenvalue weighted by molar-refractivity contribution is 6.31. The zero-order valence-corrected chi connectivity index (χ0v) is 19.0. The number of nitrogens with zero attached hydrogens (tertiary/aromatic N) is 2. The van der Waals surface area contributed by atoms with E-state index in [-0.39, 0.29) is 59.2 Å². The van der Waals surface area contributed by atoms with Gasteiger partial charge in [0.25, 0.3) is 5.91 Å². The highest BCUT2D eigenvalue weighted by Crippen LogP contribution is 2.17. The van der Waals surface area contributed by atoms with Gasteiger partial charge in [0.2, 0.25) is 0 Å². The van der Waals surface area contributed by atoms with Crippen molar-refractivity contribution in [1.29, 1.82) is 10.8 Å². The van der Waals surface area contributed by atoms with Gasteiger partial charge in [0, 0.05) is 13.1 Å². The number of unbranched alkanes of at least 4 members (excludes halogenated alkanes) is 6. The minimum atomic E-state index is -0.677. The Labute approximate surface area is 193 Å². The second kappa shape index (κ2) is 16.5. The molecule has 11 nitrogen and oxygen atoms in total. The molecule has 0 bridgehead atoms. The Morgan fingerprint density at radius 2 is 1.37 bits per heavy atom. The minimum absolute atomic E-state index is 0. The van der Waals surface area contributed by atoms with Gasteiger partial charge in [-0.15, -0.1) is 24.8 Å². The fourth-order valence-electron chi connectivity index (χ4n) is 2.40. The van der Waals surface area contributed by atoms with Crippen LogP contribution >= 0.6 is 36.4 Å². The number of nitrogen functional groups attached to an aromatic ring is 2. The van der Waals surface area contributed by atoms with Crippen molar-refractivity contribution in [2.75, 3.05) is 24.6 Å². The van der Waals surface area contributed by atoms with Crippen LogP contribution in [-0.2, 0) is 0 Å². The molecule has 172 valence electrons. The predicted molar refractivity (Wildman–Crippen MR) is 126 cm³/mol. The summed E-state index contributed by atoms with van der Waals surface area (Å²) in [6.45, 7) is 1.32. The van der Waals surface area contributed by atoms with Crippen molar-refractivity contribution in [2.45, 2.75) is 44.9 Å². The van der Waals surface area contributed by atoms with E-state index in [9.17, 15) is 4.79 Å². The monoisotopic (exact) mass is 484 g/mol. The zero-order chi connectivity index (χ0) is 20.9. The van der Waals surface area contributed by atoms with Crippen molar-refractivity contribution >= 4 is 65.9 Å². The fourth-order valence-corrected chi connectivity index (χ4v) is 2.52. The molecule has 30 heavy (non-hydrogen) atoms. The lowest BCUT2D eigenvalue weighted by Crippen LogP contribution is -2.41. The lowest BCUT2D eigenvalue weighted by Gasteiger charge is -2.10. The summed E-state index contributed by atoms with van der Waals surface area (Å²) >= 11 is 5.74. The summed E-state index contributed by atoms with van der Waals surface area (Å²) in [5.41, 5.74) is 16.1. The zero-order valence-electron chi connectivity index (χ0n) is 16.6. The maximum Gasteiger partial charge on any atom is 0.280 e. The van der Waals surface area contributed by atoms with E-state index in [0.29, 0.717) is 6.54 Å². The van der Waals surface area contributed by atoms with Crippen molar-refractivity contribution in [3.8, 4) is 0 Å². The fraction of sp³-hybridized carbons (Fsp3) is 0.562. The molecule has 1 aromatic heterocycles. The van der Waals surface area contributed by atoms with E-state index in [2.05, 4.69) is 25.9 Å². The molecule has 0 aliphatic carbocycles. The molecule has 1 heterocycles. The number of nitrogens with two attached hydrogens (primary N) is 3. The molecular formula is C16H31Cl3N10O. The van der Waals surface area contributed by atoms with Crippen LogP contribution in [0.15, 0.2) is 0 Å². The van der Waals surface area contributed by atoms with E-state index in [1.807, 2.05) is 0 Å². The molecule has 0 saturated carbocycles. The second-order valence-corrected chi connectivity index (χ2v) is 6.56. The molecule has 11 N–H and O–H groups in total. The molecule has 0 aliphatic rings. The highest BCUT2D eigenvalue weighted by atomic mass is 35.5. The Balaban J connectivity index is 0. The Morgan fingerprint density at radius 1 is 0.867 bits per heavy atom. The van der Waals surface area contributed by atoms with E-state index in [0.717, 1.165) is 51.5 Å². The first-order valence-corrected chi connectivity index (χ1v) is 9.49. The lowest BCUT2D eigenvalue weighted by atomic mass is 10.1. The summed E-state index contributed by atoms with van der Waals surface area (Å²) < 4.78 is 0. The van der Waals surface area contributed by atoms with E-state index in [1.54, 1.807) is 0 Å². The van der Waals surface area contributed by atoms with Gasteiger partial charge in [-0.1, -0.05) is 43.7 Å². The Morgan fingerprint density at radius 3 is 1.90 bits per heavy atom. The molecule has 0 spiro atoms. The van der Waals surface area contributed by atoms with Gasteiger partial charge in [0.05, 0.1) is 0 Å². The number of carbonyl (C=O) groups is 1. The van der Waals surface area contributed by atoms with Crippen LogP contribution in [0.4, 0.5) is 11.6 Å². The number of rotatable bonds is 11. The molecular weight excluding hydrogens is 455 g/mol. The van der Waals surface area contributed by atoms with Crippen molar-refractivity contribution in [2.24, 2.45) is 5.73 Å². The van der Waals surface area contributed by atoms with E-state index in [1.165, 1.54) is 0 Å². The third-order valence-electron chi connectivity index (χ3n) is 3.83. The largest absolute Gasteiger partial charge is 0.382 e. The summed E-state index contributed by atoms with van der Waals surface area (Å²) in [7, 11) is 0. The smallest absolute Gasteiger partial charge is 0.280 e. The van der Waals surface area contributed by atoms with Gasteiger partial charge in [-0.05, 0) is 12.8 Å². The average molecular weight is 486 g/mol.